The Morgan fingerprint density at radius 3 is 2.23 bits per heavy atom. The van der Waals surface area contributed by atoms with Gasteiger partial charge in [-0.25, -0.2) is 0 Å². The third-order valence-corrected chi connectivity index (χ3v) is 5.90. The second-order valence-corrected chi connectivity index (χ2v) is 7.98. The molecule has 3 aromatic rings. The molecule has 1 fully saturated rings. The molecule has 160 valence electrons. The van der Waals surface area contributed by atoms with Crippen LogP contribution in [0, 0.1) is 5.92 Å². The number of carbonyl (C=O) groups is 2. The molecule has 0 aliphatic carbocycles. The van der Waals surface area contributed by atoms with Gasteiger partial charge in [-0.1, -0.05) is 48.5 Å². The Balaban J connectivity index is 1.35. The zero-order valence-electron chi connectivity index (χ0n) is 17.7. The standard InChI is InChI=1S/C26H28N2O3/c29-25(14-13-21-8-3-1-4-9-21)27-17-15-22(16-18-27)26(30)28(20-24-12-7-19-31-24)23-10-5-2-6-11-23/h1-12,19,22H,13-18,20H2. The van der Waals surface area contributed by atoms with E-state index in [1.165, 1.54) is 5.56 Å². The lowest BCUT2D eigenvalue weighted by Gasteiger charge is -2.34. The van der Waals surface area contributed by atoms with Crippen LogP contribution >= 0.6 is 0 Å². The van der Waals surface area contributed by atoms with Crippen molar-refractivity contribution in [3.05, 3.63) is 90.4 Å². The molecule has 1 aliphatic rings. The Morgan fingerprint density at radius 2 is 1.58 bits per heavy atom. The zero-order valence-corrected chi connectivity index (χ0v) is 17.7. The molecule has 0 atom stereocenters. The van der Waals surface area contributed by atoms with Crippen LogP contribution in [0.15, 0.2) is 83.5 Å². The van der Waals surface area contributed by atoms with Gasteiger partial charge in [-0.2, -0.15) is 0 Å². The van der Waals surface area contributed by atoms with Gasteiger partial charge in [-0.15, -0.1) is 0 Å². The first kappa shape index (κ1) is 20.9. The summed E-state index contributed by atoms with van der Waals surface area (Å²) >= 11 is 0. The number of benzene rings is 2. The molecule has 0 radical (unpaired) electrons. The number of likely N-dealkylation sites (tertiary alicyclic amines) is 1. The molecule has 1 aliphatic heterocycles. The molecular formula is C26H28N2O3. The third kappa shape index (κ3) is 5.43. The maximum atomic E-state index is 13.4. The molecule has 1 saturated heterocycles. The van der Waals surface area contributed by atoms with Crippen LogP contribution in [0.25, 0.3) is 0 Å². The molecule has 0 N–H and O–H groups in total. The van der Waals surface area contributed by atoms with Gasteiger partial charge in [-0.05, 0) is 49.1 Å². The van der Waals surface area contributed by atoms with Crippen LogP contribution in [0.3, 0.4) is 0 Å². The average molecular weight is 417 g/mol. The van der Waals surface area contributed by atoms with E-state index in [0.717, 1.165) is 17.9 Å². The number of rotatable bonds is 7. The van der Waals surface area contributed by atoms with Crippen molar-refractivity contribution in [3.63, 3.8) is 0 Å². The third-order valence-electron chi connectivity index (χ3n) is 5.90. The second kappa shape index (κ2) is 10.1. The van der Waals surface area contributed by atoms with E-state index >= 15 is 0 Å². The highest BCUT2D eigenvalue weighted by Crippen LogP contribution is 2.25. The van der Waals surface area contributed by atoms with Gasteiger partial charge in [0, 0.05) is 31.1 Å². The molecular weight excluding hydrogens is 388 g/mol. The fourth-order valence-electron chi connectivity index (χ4n) is 4.11. The maximum absolute atomic E-state index is 13.4. The SMILES string of the molecule is O=C(CCc1ccccc1)N1CCC(C(=O)N(Cc2ccco2)c2ccccc2)CC1. The molecule has 5 nitrogen and oxygen atoms in total. The van der Waals surface area contributed by atoms with Gasteiger partial charge in [-0.3, -0.25) is 9.59 Å². The zero-order chi connectivity index (χ0) is 21.5. The lowest BCUT2D eigenvalue weighted by atomic mass is 9.94. The molecule has 4 rings (SSSR count). The topological polar surface area (TPSA) is 53.8 Å². The van der Waals surface area contributed by atoms with Crippen LogP contribution < -0.4 is 4.90 Å². The van der Waals surface area contributed by atoms with Crippen molar-refractivity contribution in [2.75, 3.05) is 18.0 Å². The first-order valence-corrected chi connectivity index (χ1v) is 10.9. The van der Waals surface area contributed by atoms with Gasteiger partial charge >= 0.3 is 0 Å². The fourth-order valence-corrected chi connectivity index (χ4v) is 4.11. The summed E-state index contributed by atoms with van der Waals surface area (Å²) in [4.78, 5) is 29.7. The number of anilines is 1. The van der Waals surface area contributed by atoms with Crippen LogP contribution in [0.1, 0.15) is 30.6 Å². The van der Waals surface area contributed by atoms with Gasteiger partial charge in [0.05, 0.1) is 12.8 Å². The summed E-state index contributed by atoms with van der Waals surface area (Å²) < 4.78 is 5.49. The quantitative estimate of drug-likeness (QED) is 0.562. The van der Waals surface area contributed by atoms with E-state index in [4.69, 9.17) is 4.42 Å². The Hall–Kier alpha value is -3.34. The van der Waals surface area contributed by atoms with Crippen LogP contribution in [0.2, 0.25) is 0 Å². The van der Waals surface area contributed by atoms with Gasteiger partial charge in [0.25, 0.3) is 0 Å². The van der Waals surface area contributed by atoms with Crippen LogP contribution in [0.4, 0.5) is 5.69 Å². The Labute approximate surface area is 183 Å². The lowest BCUT2D eigenvalue weighted by molar-refractivity contribution is -0.135. The number of furan rings is 1. The molecule has 1 aromatic heterocycles. The van der Waals surface area contributed by atoms with E-state index in [1.54, 1.807) is 11.2 Å². The minimum absolute atomic E-state index is 0.0895. The second-order valence-electron chi connectivity index (χ2n) is 7.98. The number of hydrogen-bond acceptors (Lipinski definition) is 3. The first-order valence-electron chi connectivity index (χ1n) is 10.9. The van der Waals surface area contributed by atoms with Gasteiger partial charge in [0.1, 0.15) is 5.76 Å². The summed E-state index contributed by atoms with van der Waals surface area (Å²) in [6.07, 6.45) is 4.28. The number of piperidine rings is 1. The average Bonchev–Trinajstić information content (AvgIpc) is 3.35. The Bertz CT molecular complexity index is 962. The molecule has 2 heterocycles. The molecule has 0 unspecified atom stereocenters. The molecule has 31 heavy (non-hydrogen) atoms. The molecule has 0 bridgehead atoms. The van der Waals surface area contributed by atoms with E-state index in [9.17, 15) is 9.59 Å². The maximum Gasteiger partial charge on any atom is 0.230 e. The van der Waals surface area contributed by atoms with Crippen molar-refractivity contribution < 1.29 is 14.0 Å². The number of hydrogen-bond donors (Lipinski definition) is 0. The number of para-hydroxylation sites is 1. The molecule has 2 aromatic carbocycles. The summed E-state index contributed by atoms with van der Waals surface area (Å²) in [5.41, 5.74) is 2.04. The fraction of sp³-hybridized carbons (Fsp3) is 0.308. The van der Waals surface area contributed by atoms with E-state index < -0.39 is 0 Å². The highest BCUT2D eigenvalue weighted by Gasteiger charge is 2.31. The minimum Gasteiger partial charge on any atom is -0.467 e. The molecule has 0 spiro atoms. The lowest BCUT2D eigenvalue weighted by Crippen LogP contribution is -2.44. The van der Waals surface area contributed by atoms with Crippen molar-refractivity contribution in [2.45, 2.75) is 32.2 Å². The summed E-state index contributed by atoms with van der Waals surface area (Å²) in [5.74, 6) is 0.934. The number of amides is 2. The molecule has 2 amide bonds. The summed E-state index contributed by atoms with van der Waals surface area (Å²) in [6.45, 7) is 1.67. The van der Waals surface area contributed by atoms with E-state index in [2.05, 4.69) is 12.1 Å². The van der Waals surface area contributed by atoms with Crippen LogP contribution in [0.5, 0.6) is 0 Å². The van der Waals surface area contributed by atoms with Crippen molar-refractivity contribution in [1.29, 1.82) is 0 Å². The first-order chi connectivity index (χ1) is 15.2. The number of nitrogens with zero attached hydrogens (tertiary/aromatic N) is 2. The highest BCUT2D eigenvalue weighted by atomic mass is 16.3. The predicted octanol–water partition coefficient (Wildman–Crippen LogP) is 4.68. The normalized spacial score (nSPS) is 14.4. The Morgan fingerprint density at radius 1 is 0.903 bits per heavy atom. The number of aryl methyl sites for hydroxylation is 1. The van der Waals surface area contributed by atoms with Gasteiger partial charge < -0.3 is 14.2 Å². The van der Waals surface area contributed by atoms with Crippen molar-refractivity contribution in [2.24, 2.45) is 5.92 Å². The number of carbonyl (C=O) groups excluding carboxylic acids is 2. The summed E-state index contributed by atoms with van der Waals surface area (Å²) in [6, 6.07) is 23.5. The van der Waals surface area contributed by atoms with Crippen molar-refractivity contribution in [1.82, 2.24) is 4.90 Å². The van der Waals surface area contributed by atoms with E-state index in [-0.39, 0.29) is 17.7 Å². The van der Waals surface area contributed by atoms with Crippen LogP contribution in [-0.2, 0) is 22.6 Å². The van der Waals surface area contributed by atoms with Gasteiger partial charge in [0.15, 0.2) is 0 Å². The van der Waals surface area contributed by atoms with E-state index in [0.29, 0.717) is 38.9 Å². The van der Waals surface area contributed by atoms with Gasteiger partial charge in [0.2, 0.25) is 11.8 Å². The van der Waals surface area contributed by atoms with E-state index in [1.807, 2.05) is 65.6 Å². The predicted molar refractivity (Wildman–Crippen MR) is 120 cm³/mol. The molecule has 5 heteroatoms. The molecule has 0 saturated carbocycles. The summed E-state index contributed by atoms with van der Waals surface area (Å²) in [7, 11) is 0. The minimum atomic E-state index is -0.0895. The monoisotopic (exact) mass is 416 g/mol. The van der Waals surface area contributed by atoms with Crippen LogP contribution in [-0.4, -0.2) is 29.8 Å². The smallest absolute Gasteiger partial charge is 0.230 e. The summed E-state index contributed by atoms with van der Waals surface area (Å²) in [5, 5.41) is 0. The highest BCUT2D eigenvalue weighted by molar-refractivity contribution is 5.95. The largest absolute Gasteiger partial charge is 0.467 e. The van der Waals surface area contributed by atoms with Crippen molar-refractivity contribution in [3.8, 4) is 0 Å². The van der Waals surface area contributed by atoms with Crippen molar-refractivity contribution >= 4 is 17.5 Å². The Kier molecular flexibility index (Phi) is 6.82.